The molecule has 0 aliphatic rings. The Labute approximate surface area is 119 Å². The van der Waals surface area contributed by atoms with Gasteiger partial charge < -0.3 is 10.5 Å². The molecule has 0 aromatic heterocycles. The lowest BCUT2D eigenvalue weighted by atomic mass is 9.90. The van der Waals surface area contributed by atoms with Crippen molar-refractivity contribution in [1.82, 2.24) is 0 Å². The van der Waals surface area contributed by atoms with E-state index in [9.17, 15) is 0 Å². The molecule has 0 radical (unpaired) electrons. The van der Waals surface area contributed by atoms with E-state index in [4.69, 9.17) is 22.1 Å². The number of rotatable bonds is 4. The van der Waals surface area contributed by atoms with Gasteiger partial charge in [0.1, 0.15) is 5.75 Å². The van der Waals surface area contributed by atoms with E-state index in [2.05, 4.69) is 13.0 Å². The summed E-state index contributed by atoms with van der Waals surface area (Å²) < 4.78 is 5.45. The predicted molar refractivity (Wildman–Crippen MR) is 80.1 cm³/mol. The van der Waals surface area contributed by atoms with Gasteiger partial charge in [0.15, 0.2) is 0 Å². The Bertz CT molecular complexity index is 568. The minimum Gasteiger partial charge on any atom is -0.496 e. The van der Waals surface area contributed by atoms with Crippen molar-refractivity contribution in [1.29, 1.82) is 0 Å². The molecule has 0 fully saturated rings. The lowest BCUT2D eigenvalue weighted by Crippen LogP contribution is -2.15. The number of hydrogen-bond acceptors (Lipinski definition) is 2. The van der Waals surface area contributed by atoms with Gasteiger partial charge in [0, 0.05) is 23.0 Å². The second-order valence-corrected chi connectivity index (χ2v) is 5.03. The van der Waals surface area contributed by atoms with Crippen LogP contribution in [-0.2, 0) is 0 Å². The Hall–Kier alpha value is -1.51. The van der Waals surface area contributed by atoms with Gasteiger partial charge in [-0.05, 0) is 30.7 Å². The van der Waals surface area contributed by atoms with E-state index in [1.807, 2.05) is 36.4 Å². The number of ether oxygens (including phenoxy) is 1. The molecule has 2 aromatic carbocycles. The summed E-state index contributed by atoms with van der Waals surface area (Å²) in [5.41, 5.74) is 9.37. The number of nitrogens with two attached hydrogens (primary N) is 1. The highest BCUT2D eigenvalue weighted by atomic mass is 35.5. The SMILES string of the molecule is COc1ccc(C)cc1C(CN)c1cccc(Cl)c1. The van der Waals surface area contributed by atoms with Crippen LogP contribution in [0.25, 0.3) is 0 Å². The number of aryl methyl sites for hydroxylation is 1. The van der Waals surface area contributed by atoms with Crippen molar-refractivity contribution in [2.24, 2.45) is 5.73 Å². The van der Waals surface area contributed by atoms with Crippen molar-refractivity contribution in [2.75, 3.05) is 13.7 Å². The zero-order valence-corrected chi connectivity index (χ0v) is 11.9. The van der Waals surface area contributed by atoms with Crippen molar-refractivity contribution in [3.8, 4) is 5.75 Å². The highest BCUT2D eigenvalue weighted by molar-refractivity contribution is 6.30. The van der Waals surface area contributed by atoms with Crippen molar-refractivity contribution in [3.05, 3.63) is 64.2 Å². The fourth-order valence-corrected chi connectivity index (χ4v) is 2.49. The predicted octanol–water partition coefficient (Wildman–Crippen LogP) is 3.75. The monoisotopic (exact) mass is 275 g/mol. The van der Waals surface area contributed by atoms with Gasteiger partial charge in [-0.1, -0.05) is 41.4 Å². The molecule has 2 rings (SSSR count). The molecular formula is C16H18ClNO. The van der Waals surface area contributed by atoms with Gasteiger partial charge in [-0.3, -0.25) is 0 Å². The molecule has 1 atom stereocenters. The molecule has 100 valence electrons. The van der Waals surface area contributed by atoms with Crippen LogP contribution in [0.15, 0.2) is 42.5 Å². The number of methoxy groups -OCH3 is 1. The standard InChI is InChI=1S/C16H18ClNO/c1-11-6-7-16(19-2)14(8-11)15(10-18)12-4-3-5-13(17)9-12/h3-9,15H,10,18H2,1-2H3. The number of benzene rings is 2. The maximum absolute atomic E-state index is 6.07. The summed E-state index contributed by atoms with van der Waals surface area (Å²) in [5, 5.41) is 0.725. The van der Waals surface area contributed by atoms with E-state index in [1.165, 1.54) is 5.56 Å². The Kier molecular flexibility index (Phi) is 4.46. The number of halogens is 1. The second-order valence-electron chi connectivity index (χ2n) is 4.59. The Morgan fingerprint density at radius 1 is 1.21 bits per heavy atom. The van der Waals surface area contributed by atoms with Crippen molar-refractivity contribution >= 4 is 11.6 Å². The average Bonchev–Trinajstić information content (AvgIpc) is 2.40. The van der Waals surface area contributed by atoms with Crippen LogP contribution in [-0.4, -0.2) is 13.7 Å². The molecule has 0 saturated heterocycles. The van der Waals surface area contributed by atoms with Crippen LogP contribution in [0.4, 0.5) is 0 Å². The Balaban J connectivity index is 2.50. The Morgan fingerprint density at radius 2 is 2.00 bits per heavy atom. The zero-order valence-electron chi connectivity index (χ0n) is 11.2. The lowest BCUT2D eigenvalue weighted by Gasteiger charge is -2.19. The summed E-state index contributed by atoms with van der Waals surface area (Å²) in [7, 11) is 1.68. The van der Waals surface area contributed by atoms with Crippen molar-refractivity contribution in [2.45, 2.75) is 12.8 Å². The molecule has 0 heterocycles. The first-order valence-electron chi connectivity index (χ1n) is 6.25. The number of hydrogen-bond donors (Lipinski definition) is 1. The normalized spacial score (nSPS) is 12.2. The third kappa shape index (κ3) is 3.09. The molecule has 0 bridgehead atoms. The fourth-order valence-electron chi connectivity index (χ4n) is 2.29. The molecule has 0 spiro atoms. The van der Waals surface area contributed by atoms with Gasteiger partial charge in [-0.15, -0.1) is 0 Å². The third-order valence-electron chi connectivity index (χ3n) is 3.25. The molecular weight excluding hydrogens is 258 g/mol. The van der Waals surface area contributed by atoms with Crippen LogP contribution in [0.3, 0.4) is 0 Å². The minimum absolute atomic E-state index is 0.0912. The van der Waals surface area contributed by atoms with Gasteiger partial charge in [-0.25, -0.2) is 0 Å². The van der Waals surface area contributed by atoms with E-state index in [0.29, 0.717) is 6.54 Å². The maximum Gasteiger partial charge on any atom is 0.122 e. The highest BCUT2D eigenvalue weighted by Crippen LogP contribution is 2.32. The summed E-state index contributed by atoms with van der Waals surface area (Å²) in [6.07, 6.45) is 0. The largest absolute Gasteiger partial charge is 0.496 e. The summed E-state index contributed by atoms with van der Waals surface area (Å²) in [5.74, 6) is 0.953. The maximum atomic E-state index is 6.07. The van der Waals surface area contributed by atoms with E-state index >= 15 is 0 Å². The molecule has 0 aliphatic carbocycles. The molecule has 0 aliphatic heterocycles. The van der Waals surface area contributed by atoms with Crippen LogP contribution in [0, 0.1) is 6.92 Å². The quantitative estimate of drug-likeness (QED) is 0.922. The van der Waals surface area contributed by atoms with Gasteiger partial charge in [0.05, 0.1) is 7.11 Å². The third-order valence-corrected chi connectivity index (χ3v) is 3.48. The zero-order chi connectivity index (χ0) is 13.8. The molecule has 3 heteroatoms. The van der Waals surface area contributed by atoms with E-state index in [-0.39, 0.29) is 5.92 Å². The topological polar surface area (TPSA) is 35.2 Å². The summed E-state index contributed by atoms with van der Waals surface area (Å²) in [6.45, 7) is 2.58. The fraction of sp³-hybridized carbons (Fsp3) is 0.250. The smallest absolute Gasteiger partial charge is 0.122 e. The first-order chi connectivity index (χ1) is 9.15. The molecule has 0 amide bonds. The van der Waals surface area contributed by atoms with Crippen LogP contribution in [0.1, 0.15) is 22.6 Å². The van der Waals surface area contributed by atoms with Crippen molar-refractivity contribution in [3.63, 3.8) is 0 Å². The second kappa shape index (κ2) is 6.09. The first-order valence-corrected chi connectivity index (χ1v) is 6.63. The summed E-state index contributed by atoms with van der Waals surface area (Å²) >= 11 is 6.07. The van der Waals surface area contributed by atoms with E-state index in [0.717, 1.165) is 21.9 Å². The molecule has 19 heavy (non-hydrogen) atoms. The van der Waals surface area contributed by atoms with E-state index < -0.39 is 0 Å². The van der Waals surface area contributed by atoms with Crippen LogP contribution in [0.5, 0.6) is 5.75 Å². The van der Waals surface area contributed by atoms with Crippen LogP contribution >= 0.6 is 11.6 Å². The van der Waals surface area contributed by atoms with Gasteiger partial charge >= 0.3 is 0 Å². The minimum atomic E-state index is 0.0912. The highest BCUT2D eigenvalue weighted by Gasteiger charge is 2.17. The van der Waals surface area contributed by atoms with Gasteiger partial charge in [0.2, 0.25) is 0 Å². The van der Waals surface area contributed by atoms with E-state index in [1.54, 1.807) is 7.11 Å². The lowest BCUT2D eigenvalue weighted by molar-refractivity contribution is 0.407. The van der Waals surface area contributed by atoms with Crippen LogP contribution in [0.2, 0.25) is 5.02 Å². The van der Waals surface area contributed by atoms with Crippen LogP contribution < -0.4 is 10.5 Å². The summed E-state index contributed by atoms with van der Waals surface area (Å²) in [6, 6.07) is 14.0. The molecule has 1 unspecified atom stereocenters. The van der Waals surface area contributed by atoms with Gasteiger partial charge in [-0.2, -0.15) is 0 Å². The molecule has 2 aromatic rings. The summed E-state index contributed by atoms with van der Waals surface area (Å²) in [4.78, 5) is 0. The first kappa shape index (κ1) is 13.9. The molecule has 2 nitrogen and oxygen atoms in total. The van der Waals surface area contributed by atoms with Crippen molar-refractivity contribution < 1.29 is 4.74 Å². The van der Waals surface area contributed by atoms with Gasteiger partial charge in [0.25, 0.3) is 0 Å². The Morgan fingerprint density at radius 3 is 2.63 bits per heavy atom. The molecule has 0 saturated carbocycles. The average molecular weight is 276 g/mol. The molecule has 2 N–H and O–H groups in total.